The van der Waals surface area contributed by atoms with Gasteiger partial charge in [0.25, 0.3) is 0 Å². The van der Waals surface area contributed by atoms with Crippen LogP contribution < -0.4 is 5.32 Å². The van der Waals surface area contributed by atoms with E-state index in [0.29, 0.717) is 12.4 Å². The zero-order valence-corrected chi connectivity index (χ0v) is 14.1. The second kappa shape index (κ2) is 7.53. The molecule has 1 fully saturated rings. The van der Waals surface area contributed by atoms with Crippen LogP contribution in [0.5, 0.6) is 0 Å². The van der Waals surface area contributed by atoms with Gasteiger partial charge in [0, 0.05) is 31.3 Å². The molecule has 2 aromatic heterocycles. The Labute approximate surface area is 141 Å². The monoisotopic (exact) mass is 329 g/mol. The van der Waals surface area contributed by atoms with Gasteiger partial charge in [-0.1, -0.05) is 13.3 Å². The fourth-order valence-electron chi connectivity index (χ4n) is 3.05. The van der Waals surface area contributed by atoms with Crippen molar-refractivity contribution in [3.05, 3.63) is 24.7 Å². The lowest BCUT2D eigenvalue weighted by Crippen LogP contribution is -2.33. The van der Waals surface area contributed by atoms with Crippen LogP contribution in [0.15, 0.2) is 24.7 Å². The summed E-state index contributed by atoms with van der Waals surface area (Å²) in [6.45, 7) is 2.78. The van der Waals surface area contributed by atoms with E-state index >= 15 is 0 Å². The first-order valence-corrected chi connectivity index (χ1v) is 8.40. The van der Waals surface area contributed by atoms with Gasteiger partial charge in [-0.25, -0.2) is 4.98 Å². The summed E-state index contributed by atoms with van der Waals surface area (Å²) in [6, 6.07) is 3.68. The molecule has 0 aromatic carbocycles. The summed E-state index contributed by atoms with van der Waals surface area (Å²) in [7, 11) is 1.88. The first kappa shape index (κ1) is 16.6. The molecule has 1 amide bonds. The number of amides is 1. The van der Waals surface area contributed by atoms with Gasteiger partial charge in [-0.3, -0.25) is 4.79 Å². The highest BCUT2D eigenvalue weighted by atomic mass is 16.5. The molecule has 24 heavy (non-hydrogen) atoms. The van der Waals surface area contributed by atoms with Crippen molar-refractivity contribution in [2.45, 2.75) is 38.7 Å². The Morgan fingerprint density at radius 1 is 1.50 bits per heavy atom. The number of aryl methyl sites for hydroxylation is 1. The molecule has 1 aliphatic rings. The van der Waals surface area contributed by atoms with E-state index in [1.165, 1.54) is 0 Å². The Morgan fingerprint density at radius 2 is 2.38 bits per heavy atom. The SMILES string of the molecule is CCC[C@@H]1C[C@@H](C(=O)Nc2cc(-c3nncn3C)ccn2)CCO1. The zero-order valence-electron chi connectivity index (χ0n) is 14.1. The second-order valence-electron chi connectivity index (χ2n) is 6.19. The fourth-order valence-corrected chi connectivity index (χ4v) is 3.05. The molecule has 3 rings (SSSR count). The van der Waals surface area contributed by atoms with Crippen LogP contribution in [0.3, 0.4) is 0 Å². The Kier molecular flexibility index (Phi) is 5.20. The quantitative estimate of drug-likeness (QED) is 0.911. The molecule has 1 aliphatic heterocycles. The van der Waals surface area contributed by atoms with E-state index in [0.717, 1.165) is 37.1 Å². The molecule has 0 aliphatic carbocycles. The number of anilines is 1. The van der Waals surface area contributed by atoms with Crippen molar-refractivity contribution < 1.29 is 9.53 Å². The van der Waals surface area contributed by atoms with Gasteiger partial charge in [0.1, 0.15) is 12.1 Å². The predicted molar refractivity (Wildman–Crippen MR) is 90.2 cm³/mol. The van der Waals surface area contributed by atoms with Gasteiger partial charge in [0.05, 0.1) is 6.10 Å². The highest BCUT2D eigenvalue weighted by Gasteiger charge is 2.27. The first-order valence-electron chi connectivity index (χ1n) is 8.40. The molecule has 128 valence electrons. The van der Waals surface area contributed by atoms with Crippen LogP contribution in [0.4, 0.5) is 5.82 Å². The van der Waals surface area contributed by atoms with Gasteiger partial charge in [-0.15, -0.1) is 10.2 Å². The van der Waals surface area contributed by atoms with Crippen molar-refractivity contribution in [3.63, 3.8) is 0 Å². The Balaban J connectivity index is 1.67. The number of ether oxygens (including phenoxy) is 1. The molecule has 7 heteroatoms. The minimum Gasteiger partial charge on any atom is -0.378 e. The lowest BCUT2D eigenvalue weighted by Gasteiger charge is -2.28. The summed E-state index contributed by atoms with van der Waals surface area (Å²) in [5.41, 5.74) is 0.871. The van der Waals surface area contributed by atoms with Crippen LogP contribution in [-0.4, -0.2) is 38.4 Å². The van der Waals surface area contributed by atoms with Crippen LogP contribution in [-0.2, 0) is 16.6 Å². The van der Waals surface area contributed by atoms with Crippen LogP contribution in [0, 0.1) is 5.92 Å². The molecule has 7 nitrogen and oxygen atoms in total. The average Bonchev–Trinajstić information content (AvgIpc) is 3.02. The summed E-state index contributed by atoms with van der Waals surface area (Å²) in [6.07, 6.45) is 7.12. The number of hydrogen-bond donors (Lipinski definition) is 1. The topological polar surface area (TPSA) is 81.9 Å². The number of aromatic nitrogens is 4. The third-order valence-electron chi connectivity index (χ3n) is 4.33. The molecule has 0 spiro atoms. The van der Waals surface area contributed by atoms with E-state index in [2.05, 4.69) is 27.4 Å². The summed E-state index contributed by atoms with van der Waals surface area (Å²) >= 11 is 0. The minimum absolute atomic E-state index is 0.0158. The summed E-state index contributed by atoms with van der Waals surface area (Å²) in [5.74, 6) is 1.28. The Morgan fingerprint density at radius 3 is 3.12 bits per heavy atom. The largest absolute Gasteiger partial charge is 0.378 e. The summed E-state index contributed by atoms with van der Waals surface area (Å²) in [5, 5.41) is 10.9. The molecule has 0 bridgehead atoms. The van der Waals surface area contributed by atoms with Gasteiger partial charge in [-0.05, 0) is 31.4 Å². The molecular formula is C17H23N5O2. The molecule has 1 saturated heterocycles. The highest BCUT2D eigenvalue weighted by molar-refractivity contribution is 5.92. The molecule has 0 unspecified atom stereocenters. The molecule has 2 atom stereocenters. The number of carbonyl (C=O) groups excluding carboxylic acids is 1. The third kappa shape index (κ3) is 3.79. The highest BCUT2D eigenvalue weighted by Crippen LogP contribution is 2.25. The van der Waals surface area contributed by atoms with E-state index < -0.39 is 0 Å². The maximum Gasteiger partial charge on any atom is 0.228 e. The molecular weight excluding hydrogens is 306 g/mol. The Hall–Kier alpha value is -2.28. The smallest absolute Gasteiger partial charge is 0.228 e. The van der Waals surface area contributed by atoms with E-state index in [1.54, 1.807) is 12.5 Å². The third-order valence-corrected chi connectivity index (χ3v) is 4.33. The van der Waals surface area contributed by atoms with Crippen LogP contribution in [0.1, 0.15) is 32.6 Å². The maximum atomic E-state index is 12.5. The summed E-state index contributed by atoms with van der Waals surface area (Å²) in [4.78, 5) is 16.8. The number of nitrogens with zero attached hydrogens (tertiary/aromatic N) is 4. The van der Waals surface area contributed by atoms with Gasteiger partial charge >= 0.3 is 0 Å². The maximum absolute atomic E-state index is 12.5. The number of nitrogens with one attached hydrogen (secondary N) is 1. The predicted octanol–water partition coefficient (Wildman–Crippen LogP) is 2.41. The molecule has 3 heterocycles. The van der Waals surface area contributed by atoms with Crippen LogP contribution >= 0.6 is 0 Å². The van der Waals surface area contributed by atoms with Crippen LogP contribution in [0.25, 0.3) is 11.4 Å². The fraction of sp³-hybridized carbons (Fsp3) is 0.529. The lowest BCUT2D eigenvalue weighted by atomic mass is 9.93. The molecule has 1 N–H and O–H groups in total. The van der Waals surface area contributed by atoms with Crippen molar-refractivity contribution in [1.82, 2.24) is 19.7 Å². The molecule has 0 saturated carbocycles. The zero-order chi connectivity index (χ0) is 16.9. The van der Waals surface area contributed by atoms with Crippen molar-refractivity contribution in [3.8, 4) is 11.4 Å². The van der Waals surface area contributed by atoms with Crippen LogP contribution in [0.2, 0.25) is 0 Å². The summed E-state index contributed by atoms with van der Waals surface area (Å²) < 4.78 is 7.54. The van der Waals surface area contributed by atoms with Gasteiger partial charge in [-0.2, -0.15) is 0 Å². The van der Waals surface area contributed by atoms with Crippen molar-refractivity contribution >= 4 is 11.7 Å². The van der Waals surface area contributed by atoms with Crippen molar-refractivity contribution in [2.24, 2.45) is 13.0 Å². The normalized spacial score (nSPS) is 20.8. The molecule has 2 aromatic rings. The van der Waals surface area contributed by atoms with Gasteiger partial charge in [0.2, 0.25) is 5.91 Å². The molecule has 0 radical (unpaired) electrons. The van der Waals surface area contributed by atoms with Gasteiger partial charge in [0.15, 0.2) is 5.82 Å². The second-order valence-corrected chi connectivity index (χ2v) is 6.19. The van der Waals surface area contributed by atoms with E-state index in [9.17, 15) is 4.79 Å². The average molecular weight is 329 g/mol. The minimum atomic E-state index is -0.0180. The number of hydrogen-bond acceptors (Lipinski definition) is 5. The van der Waals surface area contributed by atoms with Crippen molar-refractivity contribution in [2.75, 3.05) is 11.9 Å². The number of pyridine rings is 1. The van der Waals surface area contributed by atoms with E-state index in [-0.39, 0.29) is 17.9 Å². The lowest BCUT2D eigenvalue weighted by molar-refractivity contribution is -0.125. The standard InChI is InChI=1S/C17H23N5O2/c1-3-4-14-9-13(6-8-24-14)17(23)20-15-10-12(5-7-18-15)16-21-19-11-22(16)2/h5,7,10-11,13-14H,3-4,6,8-9H2,1-2H3,(H,18,20,23)/t13-,14+/m0/s1. The Bertz CT molecular complexity index is 698. The first-order chi connectivity index (χ1) is 11.7. The van der Waals surface area contributed by atoms with E-state index in [4.69, 9.17) is 4.74 Å². The van der Waals surface area contributed by atoms with E-state index in [1.807, 2.05) is 23.7 Å². The van der Waals surface area contributed by atoms with Gasteiger partial charge < -0.3 is 14.6 Å². The number of carbonyl (C=O) groups is 1. The van der Waals surface area contributed by atoms with Crippen molar-refractivity contribution in [1.29, 1.82) is 0 Å². The number of rotatable bonds is 5.